The lowest BCUT2D eigenvalue weighted by atomic mass is 10.0. The summed E-state index contributed by atoms with van der Waals surface area (Å²) in [7, 11) is 0. The van der Waals surface area contributed by atoms with Gasteiger partial charge in [-0.15, -0.1) is 5.10 Å². The van der Waals surface area contributed by atoms with Crippen LogP contribution in [0.15, 0.2) is 79.0 Å². The number of carbonyl (C=O) groups is 5. The summed E-state index contributed by atoms with van der Waals surface area (Å²) >= 11 is 0. The maximum atomic E-state index is 14.1. The summed E-state index contributed by atoms with van der Waals surface area (Å²) in [6, 6.07) is 20.6. The number of rotatable bonds is 26. The van der Waals surface area contributed by atoms with E-state index in [1.54, 1.807) is 36.5 Å². The SMILES string of the molecule is O=C(CN1CCN(c2cccc(-c3cnc4ccc(N5CCC[C@@H]5c5cccc(F)c5)nn34)n2)CC1)NCCOCCOCCOCCOCCOCCNc1ccc2c(c1)C(=O)N(C1CCC(=O)NC1=O)C2=O. The van der Waals surface area contributed by atoms with Crippen molar-refractivity contribution in [2.45, 2.75) is 37.8 Å². The maximum absolute atomic E-state index is 14.1. The van der Waals surface area contributed by atoms with Gasteiger partial charge in [-0.2, -0.15) is 0 Å². The first kappa shape index (κ1) is 51.9. The van der Waals surface area contributed by atoms with E-state index in [0.717, 1.165) is 84.7 Å². The Balaban J connectivity index is 0.566. The Morgan fingerprint density at radius 3 is 2.14 bits per heavy atom. The van der Waals surface area contributed by atoms with Crippen molar-refractivity contribution < 1.29 is 52.0 Å². The van der Waals surface area contributed by atoms with Gasteiger partial charge >= 0.3 is 0 Å². The molecule has 9 rings (SSSR count). The number of imide groups is 2. The number of imidazole rings is 1. The molecule has 0 radical (unpaired) electrons. The quantitative estimate of drug-likeness (QED) is 0.0535. The summed E-state index contributed by atoms with van der Waals surface area (Å²) < 4.78 is 43.9. The van der Waals surface area contributed by atoms with Gasteiger partial charge in [-0.05, 0) is 79.4 Å². The Hall–Kier alpha value is -6.95. The molecule has 392 valence electrons. The number of hydrogen-bond acceptors (Lipinski definition) is 17. The van der Waals surface area contributed by atoms with Crippen LogP contribution in [0.1, 0.15) is 58.0 Å². The molecule has 5 amide bonds. The van der Waals surface area contributed by atoms with Crippen LogP contribution in [0.2, 0.25) is 0 Å². The van der Waals surface area contributed by atoms with Crippen molar-refractivity contribution in [1.82, 2.24) is 40.0 Å². The van der Waals surface area contributed by atoms with Crippen LogP contribution in [0.5, 0.6) is 0 Å². The zero-order valence-electron chi connectivity index (χ0n) is 41.3. The van der Waals surface area contributed by atoms with E-state index in [2.05, 4.69) is 35.6 Å². The molecule has 2 atom stereocenters. The van der Waals surface area contributed by atoms with Gasteiger partial charge in [0.25, 0.3) is 11.8 Å². The number of carbonyl (C=O) groups excluding carboxylic acids is 5. The fourth-order valence-electron chi connectivity index (χ4n) is 9.52. The van der Waals surface area contributed by atoms with E-state index in [4.69, 9.17) is 33.8 Å². The number of benzene rings is 2. The van der Waals surface area contributed by atoms with Gasteiger partial charge in [0.2, 0.25) is 17.7 Å². The molecule has 2 aromatic carbocycles. The third-order valence-corrected chi connectivity index (χ3v) is 13.3. The molecule has 1 unspecified atom stereocenters. The molecule has 3 fully saturated rings. The molecular weight excluding hydrogens is 958 g/mol. The number of aromatic nitrogens is 4. The van der Waals surface area contributed by atoms with Gasteiger partial charge in [-0.25, -0.2) is 18.9 Å². The van der Waals surface area contributed by atoms with Crippen LogP contribution in [0.3, 0.4) is 0 Å². The summed E-state index contributed by atoms with van der Waals surface area (Å²) in [6.45, 7) is 8.89. The van der Waals surface area contributed by atoms with Crippen LogP contribution < -0.4 is 25.8 Å². The average Bonchev–Trinajstić information content (AvgIpc) is 4.14. The van der Waals surface area contributed by atoms with Crippen molar-refractivity contribution in [1.29, 1.82) is 0 Å². The number of halogens is 1. The minimum atomic E-state index is -1.00. The molecule has 7 heterocycles. The molecule has 4 aliphatic heterocycles. The van der Waals surface area contributed by atoms with Crippen LogP contribution in [0, 0.1) is 5.82 Å². The number of amides is 5. The molecule has 3 saturated heterocycles. The molecule has 0 spiro atoms. The molecule has 22 heteroatoms. The van der Waals surface area contributed by atoms with Crippen molar-refractivity contribution in [3.05, 3.63) is 102 Å². The van der Waals surface area contributed by atoms with Crippen molar-refractivity contribution >= 4 is 52.5 Å². The highest BCUT2D eigenvalue weighted by Crippen LogP contribution is 2.36. The number of pyridine rings is 1. The highest BCUT2D eigenvalue weighted by molar-refractivity contribution is 6.23. The van der Waals surface area contributed by atoms with Gasteiger partial charge in [0.05, 0.1) is 102 Å². The molecular formula is C52H62FN11O10. The second kappa shape index (κ2) is 25.3. The number of hydrogen-bond donors (Lipinski definition) is 3. The minimum Gasteiger partial charge on any atom is -0.383 e. The fourth-order valence-corrected chi connectivity index (χ4v) is 9.52. The van der Waals surface area contributed by atoms with Crippen LogP contribution in [-0.4, -0.2) is 183 Å². The van der Waals surface area contributed by atoms with Gasteiger partial charge in [0, 0.05) is 57.9 Å². The Morgan fingerprint density at radius 2 is 1.41 bits per heavy atom. The topological polar surface area (TPSA) is 224 Å². The zero-order valence-corrected chi connectivity index (χ0v) is 41.3. The average molecular weight is 1020 g/mol. The fraction of sp³-hybridized carbons (Fsp3) is 0.462. The molecule has 5 aromatic rings. The number of fused-ring (bicyclic) bond motifs is 2. The number of piperidine rings is 1. The second-order valence-corrected chi connectivity index (χ2v) is 18.2. The first-order chi connectivity index (χ1) is 36.2. The van der Waals surface area contributed by atoms with E-state index in [-0.39, 0.29) is 41.7 Å². The first-order valence-electron chi connectivity index (χ1n) is 25.3. The number of piperazine rings is 1. The van der Waals surface area contributed by atoms with E-state index in [1.165, 1.54) is 6.07 Å². The number of anilines is 3. The Morgan fingerprint density at radius 1 is 0.703 bits per heavy atom. The van der Waals surface area contributed by atoms with Gasteiger partial charge < -0.3 is 44.1 Å². The number of nitrogens with one attached hydrogen (secondary N) is 3. The standard InChI is InChI=1S/C52H62FN11O10/c53-37-5-1-4-36(32-37)42-7-3-17-62(42)47-13-12-45-56-34-44(64(45)59-47)41-6-2-8-46(57-41)61-20-18-60(19-21-61)35-49(66)55-16-23-71-25-27-73-29-31-74-30-28-72-26-24-70-22-15-54-38-9-10-39-40(33-38)52(69)63(51(39)68)43-11-14-48(65)58-50(43)67/h1-2,4-6,8-10,12-13,32-34,42-43,54H,3,7,11,14-31,35H2,(H,55,66)(H,58,65,67)/t42-,43?/m1/s1. The summed E-state index contributed by atoms with van der Waals surface area (Å²) in [5, 5.41) is 13.3. The largest absolute Gasteiger partial charge is 0.383 e. The highest BCUT2D eigenvalue weighted by atomic mass is 19.1. The Bertz CT molecular complexity index is 2770. The van der Waals surface area contributed by atoms with Crippen LogP contribution in [-0.2, 0) is 38.1 Å². The van der Waals surface area contributed by atoms with Gasteiger partial charge in [0.1, 0.15) is 29.2 Å². The molecule has 21 nitrogen and oxygen atoms in total. The summed E-state index contributed by atoms with van der Waals surface area (Å²) in [4.78, 5) is 79.6. The van der Waals surface area contributed by atoms with Gasteiger partial charge in [-0.3, -0.25) is 39.1 Å². The van der Waals surface area contributed by atoms with Gasteiger partial charge in [-0.1, -0.05) is 18.2 Å². The lowest BCUT2D eigenvalue weighted by Crippen LogP contribution is -2.54. The molecule has 4 aliphatic rings. The van der Waals surface area contributed by atoms with E-state index in [0.29, 0.717) is 91.4 Å². The maximum Gasteiger partial charge on any atom is 0.262 e. The van der Waals surface area contributed by atoms with E-state index < -0.39 is 29.7 Å². The molecule has 0 saturated carbocycles. The second-order valence-electron chi connectivity index (χ2n) is 18.2. The number of nitrogens with zero attached hydrogens (tertiary/aromatic N) is 8. The molecule has 0 aliphatic carbocycles. The Kier molecular flexibility index (Phi) is 17.8. The first-order valence-corrected chi connectivity index (χ1v) is 25.3. The minimum absolute atomic E-state index is 0.0482. The lowest BCUT2D eigenvalue weighted by Gasteiger charge is -2.35. The van der Waals surface area contributed by atoms with Crippen molar-refractivity contribution in [3.8, 4) is 11.4 Å². The van der Waals surface area contributed by atoms with Crippen molar-refractivity contribution in [2.24, 2.45) is 0 Å². The Labute approximate surface area is 427 Å². The summed E-state index contributed by atoms with van der Waals surface area (Å²) in [5.74, 6) is -0.782. The van der Waals surface area contributed by atoms with Crippen LogP contribution >= 0.6 is 0 Å². The third kappa shape index (κ3) is 13.0. The monoisotopic (exact) mass is 1020 g/mol. The smallest absolute Gasteiger partial charge is 0.262 e. The van der Waals surface area contributed by atoms with Crippen LogP contribution in [0.25, 0.3) is 17.0 Å². The predicted molar refractivity (Wildman–Crippen MR) is 269 cm³/mol. The predicted octanol–water partition coefficient (Wildman–Crippen LogP) is 3.11. The van der Waals surface area contributed by atoms with Crippen molar-refractivity contribution in [2.75, 3.05) is 134 Å². The van der Waals surface area contributed by atoms with Crippen molar-refractivity contribution in [3.63, 3.8) is 0 Å². The molecule has 74 heavy (non-hydrogen) atoms. The molecule has 0 bridgehead atoms. The molecule has 3 N–H and O–H groups in total. The van der Waals surface area contributed by atoms with Crippen LogP contribution in [0.4, 0.5) is 21.7 Å². The van der Waals surface area contributed by atoms with Gasteiger partial charge in [0.15, 0.2) is 5.65 Å². The normalized spacial score (nSPS) is 18.1. The van der Waals surface area contributed by atoms with E-state index in [9.17, 15) is 28.4 Å². The lowest BCUT2D eigenvalue weighted by molar-refractivity contribution is -0.136. The number of ether oxygens (including phenoxy) is 5. The van der Waals surface area contributed by atoms with E-state index >= 15 is 0 Å². The van der Waals surface area contributed by atoms with E-state index in [1.807, 2.05) is 40.9 Å². The summed E-state index contributed by atoms with van der Waals surface area (Å²) in [6.07, 6.45) is 3.89. The third-order valence-electron chi connectivity index (χ3n) is 13.3. The summed E-state index contributed by atoms with van der Waals surface area (Å²) in [5.41, 5.74) is 4.28. The highest BCUT2D eigenvalue weighted by Gasteiger charge is 2.44. The molecule has 3 aromatic heterocycles. The zero-order chi connectivity index (χ0) is 51.2.